The number of carbonyl (C=O) groups excluding carboxylic acids is 1. The van der Waals surface area contributed by atoms with E-state index in [1.54, 1.807) is 0 Å². The third-order valence-electron chi connectivity index (χ3n) is 8.08. The van der Waals surface area contributed by atoms with Crippen molar-refractivity contribution >= 4 is 5.78 Å². The maximum absolute atomic E-state index is 11.9. The van der Waals surface area contributed by atoms with E-state index in [9.17, 15) is 15.0 Å². The summed E-state index contributed by atoms with van der Waals surface area (Å²) in [6, 6.07) is 0. The number of aliphatic hydroxyl groups is 2. The maximum Gasteiger partial charge on any atom is 0.155 e. The lowest BCUT2D eigenvalue weighted by molar-refractivity contribution is -0.124. The van der Waals surface area contributed by atoms with Gasteiger partial charge in [0.05, 0.1) is 12.7 Å². The molecule has 0 aliphatic heterocycles. The first-order chi connectivity index (χ1) is 11.4. The summed E-state index contributed by atoms with van der Waals surface area (Å²) < 4.78 is 0. The lowest BCUT2D eigenvalue weighted by atomic mass is 9.46. The quantitative estimate of drug-likeness (QED) is 0.725. The summed E-state index contributed by atoms with van der Waals surface area (Å²) in [5, 5.41) is 20.5. The van der Waals surface area contributed by atoms with E-state index in [4.69, 9.17) is 0 Å². The summed E-state index contributed by atoms with van der Waals surface area (Å²) in [5.74, 6) is 1.71. The minimum atomic E-state index is -0.307. The Morgan fingerprint density at radius 1 is 1.21 bits per heavy atom. The highest BCUT2D eigenvalue weighted by Crippen LogP contribution is 2.66. The second-order valence-electron chi connectivity index (χ2n) is 9.03. The van der Waals surface area contributed by atoms with Crippen LogP contribution in [0.25, 0.3) is 0 Å². The van der Waals surface area contributed by atoms with Crippen molar-refractivity contribution in [3.63, 3.8) is 0 Å². The first-order valence-electron chi connectivity index (χ1n) is 9.62. The Morgan fingerprint density at radius 2 is 2.00 bits per heavy atom. The summed E-state index contributed by atoms with van der Waals surface area (Å²) >= 11 is 0. The molecule has 3 fully saturated rings. The van der Waals surface area contributed by atoms with Crippen molar-refractivity contribution in [3.05, 3.63) is 23.3 Å². The van der Waals surface area contributed by atoms with Gasteiger partial charge in [-0.3, -0.25) is 4.79 Å². The molecule has 0 aromatic heterocycles. The summed E-state index contributed by atoms with van der Waals surface area (Å²) in [5.41, 5.74) is 2.71. The molecule has 0 unspecified atom stereocenters. The van der Waals surface area contributed by atoms with E-state index in [1.807, 2.05) is 12.2 Å². The Morgan fingerprint density at radius 3 is 2.75 bits per heavy atom. The molecule has 0 spiro atoms. The Bertz CT molecular complexity index is 619. The lowest BCUT2D eigenvalue weighted by Crippen LogP contribution is -2.55. The minimum Gasteiger partial charge on any atom is -0.393 e. The van der Waals surface area contributed by atoms with Crippen molar-refractivity contribution in [2.45, 2.75) is 64.9 Å². The Hall–Kier alpha value is -0.930. The number of allylic oxidation sites excluding steroid dienone is 2. The zero-order chi connectivity index (χ0) is 17.1. The van der Waals surface area contributed by atoms with Gasteiger partial charge < -0.3 is 10.2 Å². The molecule has 4 aliphatic carbocycles. The zero-order valence-electron chi connectivity index (χ0n) is 14.9. The Kier molecular flexibility index (Phi) is 3.81. The smallest absolute Gasteiger partial charge is 0.155 e. The fourth-order valence-corrected chi connectivity index (χ4v) is 6.98. The highest BCUT2D eigenvalue weighted by atomic mass is 16.3. The van der Waals surface area contributed by atoms with Gasteiger partial charge in [-0.2, -0.15) is 0 Å². The van der Waals surface area contributed by atoms with Crippen LogP contribution in [0.3, 0.4) is 0 Å². The lowest BCUT2D eigenvalue weighted by Gasteiger charge is -2.59. The molecule has 3 saturated carbocycles. The van der Waals surface area contributed by atoms with E-state index in [2.05, 4.69) is 13.8 Å². The predicted octanol–water partition coefficient (Wildman–Crippen LogP) is 3.41. The van der Waals surface area contributed by atoms with E-state index >= 15 is 0 Å². The first kappa shape index (κ1) is 16.5. The van der Waals surface area contributed by atoms with E-state index in [1.165, 1.54) is 17.6 Å². The topological polar surface area (TPSA) is 57.5 Å². The molecule has 0 saturated heterocycles. The van der Waals surface area contributed by atoms with Crippen molar-refractivity contribution in [1.29, 1.82) is 0 Å². The Balaban J connectivity index is 1.72. The number of ketones is 1. The standard InChI is InChI=1S/C21H30O3/c1-20-9-7-15(23)11-14(20)3-5-16-17-6-4-13(8-10-22)21(17,2)12-18(24)19(16)20/h8,11,16-19,22,24H,3-7,9-10,12H2,1-2H3/t16-,17-,18-,19+,20-,21+/m0/s1. The Labute approximate surface area is 144 Å². The predicted molar refractivity (Wildman–Crippen MR) is 93.3 cm³/mol. The summed E-state index contributed by atoms with van der Waals surface area (Å²) in [4.78, 5) is 11.9. The maximum atomic E-state index is 11.9. The molecule has 0 heterocycles. The number of carbonyl (C=O) groups is 1. The van der Waals surface area contributed by atoms with Gasteiger partial charge in [-0.15, -0.1) is 0 Å². The van der Waals surface area contributed by atoms with Gasteiger partial charge in [0.15, 0.2) is 5.78 Å². The van der Waals surface area contributed by atoms with Gasteiger partial charge in [-0.05, 0) is 73.2 Å². The van der Waals surface area contributed by atoms with E-state index in [0.717, 1.165) is 32.1 Å². The average molecular weight is 330 g/mol. The fraction of sp³-hybridized carbons (Fsp3) is 0.762. The van der Waals surface area contributed by atoms with Crippen molar-refractivity contribution in [3.8, 4) is 0 Å². The van der Waals surface area contributed by atoms with Gasteiger partial charge in [-0.1, -0.05) is 31.1 Å². The number of rotatable bonds is 1. The molecular weight excluding hydrogens is 300 g/mol. The molecule has 0 amide bonds. The fourth-order valence-electron chi connectivity index (χ4n) is 6.98. The average Bonchev–Trinajstić information content (AvgIpc) is 2.84. The molecule has 2 N–H and O–H groups in total. The number of hydrogen-bond acceptors (Lipinski definition) is 3. The minimum absolute atomic E-state index is 0.00101. The van der Waals surface area contributed by atoms with Crippen LogP contribution in [0.5, 0.6) is 0 Å². The van der Waals surface area contributed by atoms with E-state index < -0.39 is 0 Å². The van der Waals surface area contributed by atoms with Crippen molar-refractivity contribution in [2.75, 3.05) is 6.61 Å². The van der Waals surface area contributed by atoms with Gasteiger partial charge in [0.25, 0.3) is 0 Å². The van der Waals surface area contributed by atoms with Crippen molar-refractivity contribution < 1.29 is 15.0 Å². The third-order valence-corrected chi connectivity index (χ3v) is 8.08. The molecule has 3 heteroatoms. The molecule has 4 rings (SSSR count). The zero-order valence-corrected chi connectivity index (χ0v) is 14.9. The second kappa shape index (κ2) is 5.54. The molecule has 132 valence electrons. The summed E-state index contributed by atoms with van der Waals surface area (Å²) in [6.07, 6.45) is 10.3. The van der Waals surface area contributed by atoms with Crippen LogP contribution < -0.4 is 0 Å². The molecule has 0 radical (unpaired) electrons. The molecule has 0 aromatic carbocycles. The molecule has 3 nitrogen and oxygen atoms in total. The van der Waals surface area contributed by atoms with Gasteiger partial charge in [0.2, 0.25) is 0 Å². The van der Waals surface area contributed by atoms with E-state index in [0.29, 0.717) is 18.3 Å². The van der Waals surface area contributed by atoms with Crippen molar-refractivity contribution in [1.82, 2.24) is 0 Å². The highest BCUT2D eigenvalue weighted by molar-refractivity contribution is 5.91. The number of aliphatic hydroxyl groups excluding tert-OH is 2. The molecule has 0 bridgehead atoms. The molecule has 24 heavy (non-hydrogen) atoms. The molecule has 6 atom stereocenters. The van der Waals surface area contributed by atoms with Crippen LogP contribution in [0.15, 0.2) is 23.3 Å². The molecule has 0 aromatic rings. The summed E-state index contributed by atoms with van der Waals surface area (Å²) in [7, 11) is 0. The van der Waals surface area contributed by atoms with Crippen LogP contribution >= 0.6 is 0 Å². The van der Waals surface area contributed by atoms with Gasteiger partial charge in [-0.25, -0.2) is 0 Å². The molecular formula is C21H30O3. The highest BCUT2D eigenvalue weighted by Gasteiger charge is 2.60. The monoisotopic (exact) mass is 330 g/mol. The van der Waals surface area contributed by atoms with Crippen LogP contribution in [-0.4, -0.2) is 28.7 Å². The summed E-state index contributed by atoms with van der Waals surface area (Å²) in [6.45, 7) is 4.71. The van der Waals surface area contributed by atoms with Gasteiger partial charge in [0.1, 0.15) is 0 Å². The van der Waals surface area contributed by atoms with Crippen LogP contribution in [0.1, 0.15) is 58.8 Å². The van der Waals surface area contributed by atoms with Crippen LogP contribution in [0, 0.1) is 28.6 Å². The second-order valence-corrected chi connectivity index (χ2v) is 9.03. The first-order valence-corrected chi connectivity index (χ1v) is 9.62. The molecule has 4 aliphatic rings. The van der Waals surface area contributed by atoms with E-state index in [-0.39, 0.29) is 35.2 Å². The van der Waals surface area contributed by atoms with Gasteiger partial charge >= 0.3 is 0 Å². The third kappa shape index (κ3) is 2.13. The van der Waals surface area contributed by atoms with Crippen molar-refractivity contribution in [2.24, 2.45) is 28.6 Å². The van der Waals surface area contributed by atoms with Crippen LogP contribution in [0.2, 0.25) is 0 Å². The van der Waals surface area contributed by atoms with Crippen LogP contribution in [-0.2, 0) is 4.79 Å². The van der Waals surface area contributed by atoms with Crippen LogP contribution in [0.4, 0.5) is 0 Å². The number of fused-ring (bicyclic) bond motifs is 5. The SMILES string of the molecule is C[C@]12CCC(=O)C=C1CC[C@@H]1[C@@H]2[C@@H](O)C[C@]2(C)C(=CCO)CC[C@@H]12. The van der Waals surface area contributed by atoms with Gasteiger partial charge in [0, 0.05) is 6.42 Å². The number of hydrogen-bond donors (Lipinski definition) is 2. The largest absolute Gasteiger partial charge is 0.393 e. The normalized spacial score (nSPS) is 49.4.